The van der Waals surface area contributed by atoms with Gasteiger partial charge in [0.15, 0.2) is 0 Å². The summed E-state index contributed by atoms with van der Waals surface area (Å²) >= 11 is 0. The van der Waals surface area contributed by atoms with Crippen molar-refractivity contribution in [2.45, 2.75) is 25.9 Å². The minimum atomic E-state index is -0.422. The molecule has 0 heterocycles. The van der Waals surface area contributed by atoms with Crippen molar-refractivity contribution in [3.05, 3.63) is 30.1 Å². The van der Waals surface area contributed by atoms with Crippen molar-refractivity contribution in [3.63, 3.8) is 0 Å². The van der Waals surface area contributed by atoms with Gasteiger partial charge in [0.25, 0.3) is 0 Å². The number of rotatable bonds is 7. The van der Waals surface area contributed by atoms with Gasteiger partial charge in [-0.25, -0.2) is 4.39 Å². The third-order valence-electron chi connectivity index (χ3n) is 2.28. The van der Waals surface area contributed by atoms with E-state index in [9.17, 15) is 9.18 Å². The standard InChI is InChI=1S/C13H18FNO3/c1-10(16)5-7-15-13(17)6-8-18-12-4-2-3-11(14)9-12/h2-4,9-10,16H,5-8H2,1H3,(H,15,17). The second-order valence-electron chi connectivity index (χ2n) is 4.04. The predicted molar refractivity (Wildman–Crippen MR) is 65.8 cm³/mol. The van der Waals surface area contributed by atoms with Crippen LogP contribution in [0.25, 0.3) is 0 Å². The molecule has 1 rings (SSSR count). The van der Waals surface area contributed by atoms with Gasteiger partial charge in [-0.05, 0) is 25.5 Å². The Bertz CT molecular complexity index is 382. The molecule has 18 heavy (non-hydrogen) atoms. The van der Waals surface area contributed by atoms with E-state index < -0.39 is 6.10 Å². The summed E-state index contributed by atoms with van der Waals surface area (Å²) in [4.78, 5) is 11.3. The number of hydrogen-bond donors (Lipinski definition) is 2. The fraction of sp³-hybridized carbons (Fsp3) is 0.462. The SMILES string of the molecule is CC(O)CCNC(=O)CCOc1cccc(F)c1. The van der Waals surface area contributed by atoms with Crippen LogP contribution in [-0.2, 0) is 4.79 Å². The van der Waals surface area contributed by atoms with E-state index in [2.05, 4.69) is 5.32 Å². The highest BCUT2D eigenvalue weighted by Gasteiger charge is 2.03. The number of nitrogens with one attached hydrogen (secondary N) is 1. The first-order valence-corrected chi connectivity index (χ1v) is 5.91. The van der Waals surface area contributed by atoms with Crippen LogP contribution in [0.5, 0.6) is 5.75 Å². The summed E-state index contributed by atoms with van der Waals surface area (Å²) in [5, 5.41) is 11.7. The molecular weight excluding hydrogens is 237 g/mol. The molecule has 4 nitrogen and oxygen atoms in total. The number of aliphatic hydroxyl groups is 1. The van der Waals surface area contributed by atoms with E-state index in [1.807, 2.05) is 0 Å². The van der Waals surface area contributed by atoms with Crippen molar-refractivity contribution < 1.29 is 19.0 Å². The third kappa shape index (κ3) is 6.20. The Morgan fingerprint density at radius 1 is 1.56 bits per heavy atom. The van der Waals surface area contributed by atoms with Gasteiger partial charge in [-0.3, -0.25) is 4.79 Å². The smallest absolute Gasteiger partial charge is 0.223 e. The monoisotopic (exact) mass is 255 g/mol. The molecule has 0 spiro atoms. The minimum Gasteiger partial charge on any atom is -0.493 e. The van der Waals surface area contributed by atoms with Gasteiger partial charge in [0.2, 0.25) is 5.91 Å². The zero-order chi connectivity index (χ0) is 13.4. The van der Waals surface area contributed by atoms with Gasteiger partial charge in [-0.1, -0.05) is 6.07 Å². The molecule has 0 aliphatic heterocycles. The minimum absolute atomic E-state index is 0.146. The Kier molecular flexibility index (Phi) is 6.14. The first-order chi connectivity index (χ1) is 8.58. The molecule has 0 saturated heterocycles. The number of halogens is 1. The lowest BCUT2D eigenvalue weighted by Crippen LogP contribution is -2.27. The molecule has 1 unspecified atom stereocenters. The lowest BCUT2D eigenvalue weighted by atomic mass is 10.3. The van der Waals surface area contributed by atoms with Crippen LogP contribution < -0.4 is 10.1 Å². The van der Waals surface area contributed by atoms with Gasteiger partial charge in [-0.2, -0.15) is 0 Å². The summed E-state index contributed by atoms with van der Waals surface area (Å²) in [6, 6.07) is 5.78. The van der Waals surface area contributed by atoms with Crippen molar-refractivity contribution >= 4 is 5.91 Å². The molecule has 0 radical (unpaired) electrons. The molecule has 2 N–H and O–H groups in total. The van der Waals surface area contributed by atoms with Crippen LogP contribution in [-0.4, -0.2) is 30.3 Å². The maximum Gasteiger partial charge on any atom is 0.223 e. The van der Waals surface area contributed by atoms with Crippen LogP contribution in [0.2, 0.25) is 0 Å². The van der Waals surface area contributed by atoms with Crippen LogP contribution in [0, 0.1) is 5.82 Å². The van der Waals surface area contributed by atoms with Crippen LogP contribution in [0.4, 0.5) is 4.39 Å². The van der Waals surface area contributed by atoms with E-state index in [0.717, 1.165) is 0 Å². The topological polar surface area (TPSA) is 58.6 Å². The molecule has 1 aromatic rings. The van der Waals surface area contributed by atoms with E-state index >= 15 is 0 Å². The average Bonchev–Trinajstić information content (AvgIpc) is 2.28. The zero-order valence-corrected chi connectivity index (χ0v) is 10.4. The summed E-state index contributed by atoms with van der Waals surface area (Å²) in [5.74, 6) is -0.104. The maximum atomic E-state index is 12.8. The van der Waals surface area contributed by atoms with Gasteiger partial charge in [0.05, 0.1) is 19.1 Å². The Balaban J connectivity index is 2.15. The fourth-order valence-electron chi connectivity index (χ4n) is 1.33. The third-order valence-corrected chi connectivity index (χ3v) is 2.28. The van der Waals surface area contributed by atoms with Crippen molar-refractivity contribution in [1.29, 1.82) is 0 Å². The van der Waals surface area contributed by atoms with E-state index in [1.54, 1.807) is 19.1 Å². The van der Waals surface area contributed by atoms with Gasteiger partial charge in [0.1, 0.15) is 11.6 Å². The molecule has 1 atom stereocenters. The van der Waals surface area contributed by atoms with Crippen LogP contribution in [0.3, 0.4) is 0 Å². The van der Waals surface area contributed by atoms with Gasteiger partial charge in [-0.15, -0.1) is 0 Å². The Morgan fingerprint density at radius 3 is 3.00 bits per heavy atom. The number of aliphatic hydroxyl groups excluding tert-OH is 1. The van der Waals surface area contributed by atoms with Crippen molar-refractivity contribution in [2.24, 2.45) is 0 Å². The summed E-state index contributed by atoms with van der Waals surface area (Å²) in [5.41, 5.74) is 0. The molecule has 1 aromatic carbocycles. The summed E-state index contributed by atoms with van der Waals surface area (Å²) in [6.45, 7) is 2.31. The highest BCUT2D eigenvalue weighted by atomic mass is 19.1. The second-order valence-corrected chi connectivity index (χ2v) is 4.04. The van der Waals surface area contributed by atoms with E-state index in [0.29, 0.717) is 18.7 Å². The number of amides is 1. The predicted octanol–water partition coefficient (Wildman–Crippen LogP) is 1.48. The lowest BCUT2D eigenvalue weighted by molar-refractivity contribution is -0.121. The average molecular weight is 255 g/mol. The summed E-state index contributed by atoms with van der Waals surface area (Å²) < 4.78 is 18.0. The van der Waals surface area contributed by atoms with Gasteiger partial charge < -0.3 is 15.2 Å². The number of carbonyl (C=O) groups is 1. The molecule has 5 heteroatoms. The maximum absolute atomic E-state index is 12.8. The van der Waals surface area contributed by atoms with E-state index in [-0.39, 0.29) is 24.8 Å². The van der Waals surface area contributed by atoms with Gasteiger partial charge in [0, 0.05) is 12.6 Å². The van der Waals surface area contributed by atoms with Crippen molar-refractivity contribution in [2.75, 3.05) is 13.2 Å². The van der Waals surface area contributed by atoms with Crippen molar-refractivity contribution in [1.82, 2.24) is 5.32 Å². The Hall–Kier alpha value is -1.62. The first kappa shape index (κ1) is 14.4. The Morgan fingerprint density at radius 2 is 2.33 bits per heavy atom. The van der Waals surface area contributed by atoms with E-state index in [4.69, 9.17) is 9.84 Å². The molecule has 0 saturated carbocycles. The van der Waals surface area contributed by atoms with Crippen molar-refractivity contribution in [3.8, 4) is 5.75 Å². The summed E-state index contributed by atoms with van der Waals surface area (Å²) in [6.07, 6.45) is 0.307. The molecule has 0 aliphatic carbocycles. The molecule has 1 amide bonds. The molecule has 0 bridgehead atoms. The highest BCUT2D eigenvalue weighted by molar-refractivity contribution is 5.75. The van der Waals surface area contributed by atoms with Crippen LogP contribution >= 0.6 is 0 Å². The largest absolute Gasteiger partial charge is 0.493 e. The second kappa shape index (κ2) is 7.66. The zero-order valence-electron chi connectivity index (χ0n) is 10.4. The Labute approximate surface area is 106 Å². The quantitative estimate of drug-likeness (QED) is 0.776. The van der Waals surface area contributed by atoms with Crippen LogP contribution in [0.1, 0.15) is 19.8 Å². The highest BCUT2D eigenvalue weighted by Crippen LogP contribution is 2.11. The molecule has 0 aliphatic rings. The van der Waals surface area contributed by atoms with E-state index in [1.165, 1.54) is 12.1 Å². The number of hydrogen-bond acceptors (Lipinski definition) is 3. The van der Waals surface area contributed by atoms with Crippen LogP contribution in [0.15, 0.2) is 24.3 Å². The molecule has 0 aromatic heterocycles. The first-order valence-electron chi connectivity index (χ1n) is 5.91. The number of ether oxygens (including phenoxy) is 1. The molecular formula is C13H18FNO3. The lowest BCUT2D eigenvalue weighted by Gasteiger charge is -2.08. The molecule has 100 valence electrons. The number of benzene rings is 1. The van der Waals surface area contributed by atoms with Gasteiger partial charge >= 0.3 is 0 Å². The normalized spacial score (nSPS) is 11.9. The fourth-order valence-corrected chi connectivity index (χ4v) is 1.33. The summed E-state index contributed by atoms with van der Waals surface area (Å²) in [7, 11) is 0. The number of carbonyl (C=O) groups excluding carboxylic acids is 1. The molecule has 0 fully saturated rings.